The molecular weight excluding hydrogens is 276 g/mol. The standard InChI is InChI=1S/C15H23F2N3O/c1-4-11(5-2)20(6-7-21-3)14-12(16)8-10(15(18)19)9-13(14)17/h8-9,11H,4-7H2,1-3H3,(H3,18,19). The molecule has 0 atom stereocenters. The fourth-order valence-corrected chi connectivity index (χ4v) is 2.39. The second-order valence-corrected chi connectivity index (χ2v) is 4.86. The molecule has 0 spiro atoms. The van der Waals surface area contributed by atoms with Crippen molar-refractivity contribution in [3.05, 3.63) is 29.3 Å². The molecule has 0 aliphatic rings. The fourth-order valence-electron chi connectivity index (χ4n) is 2.39. The first-order valence-electron chi connectivity index (χ1n) is 7.05. The lowest BCUT2D eigenvalue weighted by atomic mass is 10.1. The number of nitrogens with zero attached hydrogens (tertiary/aromatic N) is 1. The number of hydrogen-bond acceptors (Lipinski definition) is 3. The number of methoxy groups -OCH3 is 1. The van der Waals surface area contributed by atoms with Gasteiger partial charge in [0.1, 0.15) is 23.2 Å². The molecule has 0 saturated carbocycles. The average molecular weight is 299 g/mol. The quantitative estimate of drug-likeness (QED) is 0.573. The van der Waals surface area contributed by atoms with E-state index < -0.39 is 11.6 Å². The summed E-state index contributed by atoms with van der Waals surface area (Å²) in [6.07, 6.45) is 1.54. The van der Waals surface area contributed by atoms with Gasteiger partial charge in [-0.3, -0.25) is 5.41 Å². The molecule has 118 valence electrons. The van der Waals surface area contributed by atoms with Crippen molar-refractivity contribution < 1.29 is 13.5 Å². The highest BCUT2D eigenvalue weighted by atomic mass is 19.1. The zero-order valence-electron chi connectivity index (χ0n) is 12.7. The molecule has 4 nitrogen and oxygen atoms in total. The van der Waals surface area contributed by atoms with E-state index in [0.717, 1.165) is 25.0 Å². The second kappa shape index (κ2) is 7.93. The van der Waals surface area contributed by atoms with E-state index >= 15 is 0 Å². The second-order valence-electron chi connectivity index (χ2n) is 4.86. The molecule has 0 aliphatic heterocycles. The Morgan fingerprint density at radius 2 is 1.81 bits per heavy atom. The van der Waals surface area contributed by atoms with Crippen molar-refractivity contribution in [1.82, 2.24) is 0 Å². The molecule has 3 N–H and O–H groups in total. The van der Waals surface area contributed by atoms with E-state index in [4.69, 9.17) is 15.9 Å². The molecule has 0 aliphatic carbocycles. The van der Waals surface area contributed by atoms with E-state index in [0.29, 0.717) is 13.2 Å². The molecule has 0 heterocycles. The van der Waals surface area contributed by atoms with E-state index in [2.05, 4.69) is 0 Å². The van der Waals surface area contributed by atoms with Crippen molar-refractivity contribution in [2.45, 2.75) is 32.7 Å². The summed E-state index contributed by atoms with van der Waals surface area (Å²) in [4.78, 5) is 1.69. The van der Waals surface area contributed by atoms with Crippen LogP contribution in [0.5, 0.6) is 0 Å². The van der Waals surface area contributed by atoms with Crippen molar-refractivity contribution in [1.29, 1.82) is 5.41 Å². The van der Waals surface area contributed by atoms with E-state index in [9.17, 15) is 8.78 Å². The zero-order chi connectivity index (χ0) is 16.0. The number of hydrogen-bond donors (Lipinski definition) is 2. The van der Waals surface area contributed by atoms with Crippen LogP contribution in [0.3, 0.4) is 0 Å². The fraction of sp³-hybridized carbons (Fsp3) is 0.533. The van der Waals surface area contributed by atoms with E-state index in [-0.39, 0.29) is 23.1 Å². The summed E-state index contributed by atoms with van der Waals surface area (Å²) < 4.78 is 33.6. The molecule has 1 rings (SSSR count). The predicted molar refractivity (Wildman–Crippen MR) is 81.0 cm³/mol. The van der Waals surface area contributed by atoms with E-state index in [1.54, 1.807) is 12.0 Å². The minimum Gasteiger partial charge on any atom is -0.384 e. The van der Waals surface area contributed by atoms with Crippen LogP contribution in [0.2, 0.25) is 0 Å². The molecule has 0 radical (unpaired) electrons. The number of amidine groups is 1. The molecule has 0 fully saturated rings. The highest BCUT2D eigenvalue weighted by Gasteiger charge is 2.23. The van der Waals surface area contributed by atoms with Crippen LogP contribution in [-0.4, -0.2) is 32.1 Å². The molecular formula is C15H23F2N3O. The minimum absolute atomic E-state index is 0.0207. The third-order valence-corrected chi connectivity index (χ3v) is 3.53. The molecule has 0 unspecified atom stereocenters. The summed E-state index contributed by atoms with van der Waals surface area (Å²) in [5.74, 6) is -1.77. The lowest BCUT2D eigenvalue weighted by Crippen LogP contribution is -2.38. The molecule has 6 heteroatoms. The Hall–Kier alpha value is -1.69. The van der Waals surface area contributed by atoms with Crippen LogP contribution in [0.1, 0.15) is 32.3 Å². The van der Waals surface area contributed by atoms with Crippen LogP contribution in [0, 0.1) is 17.0 Å². The number of ether oxygens (including phenoxy) is 1. The number of anilines is 1. The number of rotatable bonds is 8. The first kappa shape index (κ1) is 17.4. The Kier molecular flexibility index (Phi) is 6.55. The Morgan fingerprint density at radius 1 is 1.29 bits per heavy atom. The number of halogens is 2. The summed E-state index contributed by atoms with van der Waals surface area (Å²) in [7, 11) is 1.55. The number of nitrogens with two attached hydrogens (primary N) is 1. The largest absolute Gasteiger partial charge is 0.384 e. The Balaban J connectivity index is 3.26. The number of nitrogen functional groups attached to an aromatic ring is 1. The molecule has 0 aromatic heterocycles. The van der Waals surface area contributed by atoms with Gasteiger partial charge in [-0.2, -0.15) is 0 Å². The monoisotopic (exact) mass is 299 g/mol. The van der Waals surface area contributed by atoms with Gasteiger partial charge in [-0.15, -0.1) is 0 Å². The van der Waals surface area contributed by atoms with Gasteiger partial charge in [0.15, 0.2) is 0 Å². The third-order valence-electron chi connectivity index (χ3n) is 3.53. The van der Waals surface area contributed by atoms with Crippen molar-refractivity contribution in [3.8, 4) is 0 Å². The van der Waals surface area contributed by atoms with Gasteiger partial charge in [-0.1, -0.05) is 13.8 Å². The van der Waals surface area contributed by atoms with Gasteiger partial charge in [0.25, 0.3) is 0 Å². The average Bonchev–Trinajstić information content (AvgIpc) is 2.44. The van der Waals surface area contributed by atoms with Gasteiger partial charge in [0.2, 0.25) is 0 Å². The molecule has 21 heavy (non-hydrogen) atoms. The Morgan fingerprint density at radius 3 is 2.19 bits per heavy atom. The maximum Gasteiger partial charge on any atom is 0.150 e. The molecule has 0 amide bonds. The van der Waals surface area contributed by atoms with Gasteiger partial charge in [0, 0.05) is 25.3 Å². The van der Waals surface area contributed by atoms with Crippen molar-refractivity contribution in [2.75, 3.05) is 25.2 Å². The summed E-state index contributed by atoms with van der Waals surface area (Å²) in [6.45, 7) is 4.74. The summed E-state index contributed by atoms with van der Waals surface area (Å²) in [5, 5.41) is 7.29. The SMILES string of the molecule is CCC(CC)N(CCOC)c1c(F)cc(C(=N)N)cc1F. The van der Waals surface area contributed by atoms with Gasteiger partial charge in [0.05, 0.1) is 6.61 Å². The van der Waals surface area contributed by atoms with E-state index in [1.165, 1.54) is 0 Å². The predicted octanol–water partition coefficient (Wildman–Crippen LogP) is 2.89. The molecule has 0 bridgehead atoms. The Bertz CT molecular complexity index is 467. The Labute approximate surface area is 124 Å². The van der Waals surface area contributed by atoms with Crippen LogP contribution in [-0.2, 0) is 4.74 Å². The molecule has 0 saturated heterocycles. The van der Waals surface area contributed by atoms with Gasteiger partial charge < -0.3 is 15.4 Å². The van der Waals surface area contributed by atoms with Crippen LogP contribution in [0.15, 0.2) is 12.1 Å². The lowest BCUT2D eigenvalue weighted by Gasteiger charge is -2.33. The lowest BCUT2D eigenvalue weighted by molar-refractivity contribution is 0.202. The number of nitrogens with one attached hydrogen (secondary N) is 1. The summed E-state index contributed by atoms with van der Waals surface area (Å²) in [6, 6.07) is 2.22. The number of benzene rings is 1. The van der Waals surface area contributed by atoms with Gasteiger partial charge in [-0.05, 0) is 25.0 Å². The molecule has 1 aromatic rings. The minimum atomic E-state index is -0.705. The first-order chi connectivity index (χ1) is 9.96. The van der Waals surface area contributed by atoms with Crippen LogP contribution in [0.4, 0.5) is 14.5 Å². The van der Waals surface area contributed by atoms with Crippen molar-refractivity contribution >= 4 is 11.5 Å². The van der Waals surface area contributed by atoms with Crippen LogP contribution in [0.25, 0.3) is 0 Å². The highest BCUT2D eigenvalue weighted by molar-refractivity contribution is 5.95. The van der Waals surface area contributed by atoms with E-state index in [1.807, 2.05) is 13.8 Å². The third kappa shape index (κ3) is 4.14. The zero-order valence-corrected chi connectivity index (χ0v) is 12.7. The summed E-state index contributed by atoms with van der Waals surface area (Å²) >= 11 is 0. The summed E-state index contributed by atoms with van der Waals surface area (Å²) in [5.41, 5.74) is 5.25. The topological polar surface area (TPSA) is 62.3 Å². The van der Waals surface area contributed by atoms with Crippen LogP contribution < -0.4 is 10.6 Å². The first-order valence-corrected chi connectivity index (χ1v) is 7.05. The normalized spacial score (nSPS) is 11.0. The van der Waals surface area contributed by atoms with Crippen molar-refractivity contribution in [2.24, 2.45) is 5.73 Å². The van der Waals surface area contributed by atoms with Crippen LogP contribution >= 0.6 is 0 Å². The maximum absolute atomic E-state index is 14.3. The highest BCUT2D eigenvalue weighted by Crippen LogP contribution is 2.28. The van der Waals surface area contributed by atoms with Gasteiger partial charge >= 0.3 is 0 Å². The molecule has 1 aromatic carbocycles. The maximum atomic E-state index is 14.3. The smallest absolute Gasteiger partial charge is 0.150 e. The van der Waals surface area contributed by atoms with Gasteiger partial charge in [-0.25, -0.2) is 8.78 Å². The van der Waals surface area contributed by atoms with Crippen molar-refractivity contribution in [3.63, 3.8) is 0 Å².